The van der Waals surface area contributed by atoms with E-state index in [0.717, 1.165) is 16.0 Å². The number of hydrazone groups is 1. The minimum Gasteiger partial charge on any atom is -0.480 e. The number of benzene rings is 2. The molecule has 0 saturated carbocycles. The summed E-state index contributed by atoms with van der Waals surface area (Å²) in [6.45, 7) is 2.84. The van der Waals surface area contributed by atoms with E-state index >= 15 is 0 Å². The van der Waals surface area contributed by atoms with Crippen LogP contribution in [0.1, 0.15) is 31.4 Å². The fourth-order valence-electron chi connectivity index (χ4n) is 6.06. The zero-order valence-corrected chi connectivity index (χ0v) is 25.7. The number of aliphatic carboxylic acids is 2. The van der Waals surface area contributed by atoms with Gasteiger partial charge >= 0.3 is 11.9 Å². The number of nitrogens with two attached hydrogens (primary N) is 1. The van der Waals surface area contributed by atoms with Crippen LogP contribution in [-0.4, -0.2) is 117 Å². The largest absolute Gasteiger partial charge is 0.480 e. The summed E-state index contributed by atoms with van der Waals surface area (Å²) >= 11 is 0. The lowest BCUT2D eigenvalue weighted by molar-refractivity contribution is -0.167. The summed E-state index contributed by atoms with van der Waals surface area (Å²) in [7, 11) is 1.57. The molecule has 0 radical (unpaired) electrons. The molecule has 4 rings (SSSR count). The summed E-state index contributed by atoms with van der Waals surface area (Å²) in [5.41, 5.74) is 6.40. The Morgan fingerprint density at radius 3 is 2.20 bits per heavy atom. The number of piperidine rings is 1. The van der Waals surface area contributed by atoms with Crippen LogP contribution in [0, 0.1) is 5.41 Å². The predicted octanol–water partition coefficient (Wildman–Crippen LogP) is 0.799. The Hall–Kier alpha value is -4.17. The van der Waals surface area contributed by atoms with E-state index < -0.39 is 47.0 Å². The molecule has 2 heterocycles. The van der Waals surface area contributed by atoms with Crippen molar-refractivity contribution in [2.24, 2.45) is 16.3 Å². The number of hydrogen-bond donors (Lipinski definition) is 4. The van der Waals surface area contributed by atoms with E-state index in [1.54, 1.807) is 20.9 Å². The van der Waals surface area contributed by atoms with Crippen molar-refractivity contribution in [1.29, 1.82) is 0 Å². The minimum atomic E-state index is -2.37. The molecular formula is C32H41N5O8. The predicted molar refractivity (Wildman–Crippen MR) is 164 cm³/mol. The molecule has 1 saturated heterocycles. The number of ether oxygens (including phenoxy) is 1. The number of aliphatic hydroxyl groups is 1. The monoisotopic (exact) mass is 623 g/mol. The van der Waals surface area contributed by atoms with E-state index in [0.29, 0.717) is 18.6 Å². The third-order valence-corrected chi connectivity index (χ3v) is 8.09. The summed E-state index contributed by atoms with van der Waals surface area (Å²) in [5, 5.41) is 36.1. The van der Waals surface area contributed by atoms with Crippen molar-refractivity contribution >= 4 is 29.5 Å². The van der Waals surface area contributed by atoms with Gasteiger partial charge in [-0.05, 0) is 31.4 Å². The van der Waals surface area contributed by atoms with Gasteiger partial charge in [-0.25, -0.2) is 9.80 Å². The van der Waals surface area contributed by atoms with Gasteiger partial charge in [0.25, 0.3) is 5.91 Å². The van der Waals surface area contributed by atoms with Crippen LogP contribution in [0.25, 0.3) is 0 Å². The lowest BCUT2D eigenvalue weighted by atomic mass is 9.73. The van der Waals surface area contributed by atoms with Gasteiger partial charge in [-0.2, -0.15) is 5.10 Å². The highest BCUT2D eigenvalue weighted by atomic mass is 16.5. The van der Waals surface area contributed by atoms with Crippen molar-refractivity contribution in [3.05, 3.63) is 71.8 Å². The Morgan fingerprint density at radius 2 is 1.64 bits per heavy atom. The summed E-state index contributed by atoms with van der Waals surface area (Å²) in [4.78, 5) is 55.2. The molecule has 2 amide bonds. The van der Waals surface area contributed by atoms with Gasteiger partial charge in [-0.1, -0.05) is 60.7 Å². The van der Waals surface area contributed by atoms with E-state index in [9.17, 15) is 34.5 Å². The normalized spacial score (nSPS) is 20.4. The smallest absolute Gasteiger partial charge is 0.334 e. The number of rotatable bonds is 14. The fourth-order valence-corrected chi connectivity index (χ4v) is 6.06. The summed E-state index contributed by atoms with van der Waals surface area (Å²) < 4.78 is 5.95. The van der Waals surface area contributed by atoms with E-state index in [1.807, 2.05) is 60.7 Å². The van der Waals surface area contributed by atoms with Crippen LogP contribution in [0.15, 0.2) is 65.8 Å². The van der Waals surface area contributed by atoms with E-state index in [4.69, 9.17) is 10.5 Å². The lowest BCUT2D eigenvalue weighted by Crippen LogP contribution is -2.66. The number of likely N-dealkylation sites (tertiary alicyclic amines) is 1. The number of fused-ring (bicyclic) bond motifs is 1. The molecule has 4 atom stereocenters. The van der Waals surface area contributed by atoms with Crippen LogP contribution in [0.3, 0.4) is 0 Å². The Balaban J connectivity index is 1.72. The maximum Gasteiger partial charge on any atom is 0.334 e. The molecule has 242 valence electrons. The van der Waals surface area contributed by atoms with Crippen molar-refractivity contribution < 1.29 is 39.2 Å². The van der Waals surface area contributed by atoms with Gasteiger partial charge in [0.2, 0.25) is 5.91 Å². The van der Waals surface area contributed by atoms with E-state index in [1.165, 1.54) is 9.91 Å². The van der Waals surface area contributed by atoms with Gasteiger partial charge < -0.3 is 30.7 Å². The molecule has 1 fully saturated rings. The van der Waals surface area contributed by atoms with Crippen LogP contribution in [0.4, 0.5) is 0 Å². The number of hydrogen-bond acceptors (Lipinski definition) is 9. The number of carboxylic acids is 2. The van der Waals surface area contributed by atoms with Crippen molar-refractivity contribution in [3.63, 3.8) is 0 Å². The number of carboxylic acid groups (broad SMARTS) is 2. The molecule has 5 N–H and O–H groups in total. The first-order valence-corrected chi connectivity index (χ1v) is 14.7. The number of amides is 2. The molecular weight excluding hydrogens is 582 g/mol. The second-order valence-electron chi connectivity index (χ2n) is 12.4. The second-order valence-corrected chi connectivity index (χ2v) is 12.4. The van der Waals surface area contributed by atoms with Crippen LogP contribution >= 0.6 is 0 Å². The third-order valence-electron chi connectivity index (χ3n) is 8.09. The molecule has 2 aromatic rings. The molecule has 0 spiro atoms. The fraction of sp³-hybridized carbons (Fsp3) is 0.469. The van der Waals surface area contributed by atoms with Gasteiger partial charge in [-0.15, -0.1) is 0 Å². The highest BCUT2D eigenvalue weighted by Gasteiger charge is 2.54. The highest BCUT2D eigenvalue weighted by Crippen LogP contribution is 2.38. The molecule has 45 heavy (non-hydrogen) atoms. The Bertz CT molecular complexity index is 1410. The molecule has 0 aromatic heterocycles. The van der Waals surface area contributed by atoms with Crippen LogP contribution in [0.5, 0.6) is 0 Å². The SMILES string of the molecule is CN1N=C2CCN(C(=O)[C@@H](COCc3ccccc3)N(CC(C)(C)N)C(C(=O)O)C(O)C(=O)O)C[C@]2(Cc2ccccc2)C1=O. The number of carbonyl (C=O) groups is 4. The van der Waals surface area contributed by atoms with E-state index in [-0.39, 0.29) is 38.8 Å². The lowest BCUT2D eigenvalue weighted by Gasteiger charge is -2.44. The van der Waals surface area contributed by atoms with Crippen LogP contribution in [-0.2, 0) is 36.9 Å². The van der Waals surface area contributed by atoms with Gasteiger partial charge in [0, 0.05) is 38.6 Å². The maximum absolute atomic E-state index is 14.5. The van der Waals surface area contributed by atoms with Crippen molar-refractivity contribution in [2.45, 2.75) is 57.0 Å². The first-order chi connectivity index (χ1) is 21.2. The van der Waals surface area contributed by atoms with Gasteiger partial charge in [0.05, 0.1) is 18.9 Å². The topological polar surface area (TPSA) is 186 Å². The molecule has 0 bridgehead atoms. The average Bonchev–Trinajstić information content (AvgIpc) is 3.23. The first kappa shape index (κ1) is 33.7. The van der Waals surface area contributed by atoms with Crippen molar-refractivity contribution in [1.82, 2.24) is 14.8 Å². The third kappa shape index (κ3) is 7.74. The Morgan fingerprint density at radius 1 is 1.04 bits per heavy atom. The number of nitrogens with zero attached hydrogens (tertiary/aromatic N) is 4. The van der Waals surface area contributed by atoms with Crippen molar-refractivity contribution in [2.75, 3.05) is 33.3 Å². The first-order valence-electron chi connectivity index (χ1n) is 14.7. The second kappa shape index (κ2) is 13.9. The Labute approximate surface area is 261 Å². The Kier molecular flexibility index (Phi) is 10.4. The van der Waals surface area contributed by atoms with Crippen LogP contribution in [0.2, 0.25) is 0 Å². The molecule has 2 aliphatic rings. The van der Waals surface area contributed by atoms with Gasteiger partial charge in [-0.3, -0.25) is 19.3 Å². The molecule has 13 nitrogen and oxygen atoms in total. The van der Waals surface area contributed by atoms with E-state index in [2.05, 4.69) is 5.10 Å². The zero-order valence-electron chi connectivity index (χ0n) is 25.7. The van der Waals surface area contributed by atoms with Crippen molar-refractivity contribution in [3.8, 4) is 0 Å². The van der Waals surface area contributed by atoms with Gasteiger partial charge in [0.15, 0.2) is 6.10 Å². The molecule has 0 aliphatic carbocycles. The minimum absolute atomic E-state index is 0.0308. The van der Waals surface area contributed by atoms with Crippen LogP contribution < -0.4 is 5.73 Å². The highest BCUT2D eigenvalue weighted by molar-refractivity contribution is 6.13. The zero-order chi connectivity index (χ0) is 32.9. The summed E-state index contributed by atoms with van der Waals surface area (Å²) in [5.74, 6) is -4.25. The molecule has 2 aliphatic heterocycles. The average molecular weight is 624 g/mol. The number of aliphatic hydroxyl groups excluding tert-OH is 1. The van der Waals surface area contributed by atoms with Gasteiger partial charge in [0.1, 0.15) is 17.5 Å². The number of carbonyl (C=O) groups excluding carboxylic acids is 2. The molecule has 13 heteroatoms. The summed E-state index contributed by atoms with van der Waals surface area (Å²) in [6, 6.07) is 15.1. The quantitative estimate of drug-likeness (QED) is 0.235. The molecule has 2 unspecified atom stereocenters. The summed E-state index contributed by atoms with van der Waals surface area (Å²) in [6.07, 6.45) is -1.78. The molecule has 2 aromatic carbocycles. The standard InChI is InChI=1S/C32H41N5O8/c1-31(2,33)19-37(25(28(40)41)26(38)29(42)43)23(18-45-17-22-12-8-5-9-13-22)27(39)36-15-14-24-32(20-36,30(44)35(3)34-24)16-21-10-6-4-7-11-21/h4-13,23,25-26,38H,14-20,33H2,1-3H3,(H,40,41)(H,42,43)/t23-,25?,26?,32+/m1/s1. The maximum atomic E-state index is 14.5.